The molecular weight excluding hydrogens is 290 g/mol. The second-order valence-corrected chi connectivity index (χ2v) is 6.72. The molecule has 0 saturated carbocycles. The van der Waals surface area contributed by atoms with E-state index in [-0.39, 0.29) is 6.04 Å². The number of para-hydroxylation sites is 1. The van der Waals surface area contributed by atoms with Crippen molar-refractivity contribution >= 4 is 5.69 Å². The summed E-state index contributed by atoms with van der Waals surface area (Å²) < 4.78 is 0. The summed E-state index contributed by atoms with van der Waals surface area (Å²) in [5.74, 6) is 0.538. The summed E-state index contributed by atoms with van der Waals surface area (Å²) in [6.45, 7) is 4.69. The molecule has 0 amide bonds. The predicted octanol–water partition coefficient (Wildman–Crippen LogP) is 5.79. The number of rotatable bonds is 3. The van der Waals surface area contributed by atoms with Crippen molar-refractivity contribution in [3.63, 3.8) is 0 Å². The van der Waals surface area contributed by atoms with E-state index in [0.29, 0.717) is 12.0 Å². The van der Waals surface area contributed by atoms with Gasteiger partial charge in [0.1, 0.15) is 0 Å². The molecule has 4 rings (SSSR count). The number of hydrogen-bond donors (Lipinski definition) is 0. The van der Waals surface area contributed by atoms with Crippen molar-refractivity contribution < 1.29 is 0 Å². The van der Waals surface area contributed by atoms with Crippen LogP contribution in [0.1, 0.15) is 42.5 Å². The van der Waals surface area contributed by atoms with Crippen molar-refractivity contribution in [2.24, 2.45) is 0 Å². The molecule has 1 heteroatoms. The monoisotopic (exact) mass is 313 g/mol. The lowest BCUT2D eigenvalue weighted by molar-refractivity contribution is 0.558. The molecule has 0 N–H and O–H groups in total. The van der Waals surface area contributed by atoms with Crippen LogP contribution in [0.3, 0.4) is 0 Å². The van der Waals surface area contributed by atoms with Crippen molar-refractivity contribution in [3.8, 4) is 0 Å². The zero-order chi connectivity index (χ0) is 16.5. The topological polar surface area (TPSA) is 3.24 Å². The van der Waals surface area contributed by atoms with E-state index in [9.17, 15) is 0 Å². The molecule has 1 nitrogen and oxygen atoms in total. The average Bonchev–Trinajstić information content (AvgIpc) is 2.90. The van der Waals surface area contributed by atoms with Crippen LogP contribution in [0.2, 0.25) is 0 Å². The molecular formula is C23H23N. The number of nitrogens with zero attached hydrogens (tertiary/aromatic N) is 1. The van der Waals surface area contributed by atoms with Gasteiger partial charge in [-0.1, -0.05) is 85.8 Å². The van der Waals surface area contributed by atoms with E-state index >= 15 is 0 Å². The standard InChI is InChI=1S/C23H23N/c1-17-18(2)24(22-16-10-9-15-21(17)22)23(19-11-5-3-6-12-19)20-13-7-4-8-14-20/h3-18,23H,1-2H3/t17-,18?/m0/s1. The maximum atomic E-state index is 2.60. The average molecular weight is 313 g/mol. The van der Waals surface area contributed by atoms with Crippen LogP contribution in [0.25, 0.3) is 0 Å². The van der Waals surface area contributed by atoms with E-state index in [1.54, 1.807) is 0 Å². The number of hydrogen-bond acceptors (Lipinski definition) is 1. The molecule has 0 fully saturated rings. The second kappa shape index (κ2) is 6.16. The van der Waals surface area contributed by atoms with Crippen LogP contribution in [0, 0.1) is 0 Å². The largest absolute Gasteiger partial charge is 0.357 e. The fourth-order valence-corrected chi connectivity index (χ4v) is 3.99. The van der Waals surface area contributed by atoms with E-state index < -0.39 is 0 Å². The molecule has 1 heterocycles. The van der Waals surface area contributed by atoms with Gasteiger partial charge in [-0.25, -0.2) is 0 Å². The molecule has 0 spiro atoms. The molecule has 1 unspecified atom stereocenters. The van der Waals surface area contributed by atoms with Gasteiger partial charge in [0.15, 0.2) is 0 Å². The Balaban J connectivity index is 1.89. The van der Waals surface area contributed by atoms with Gasteiger partial charge in [-0.2, -0.15) is 0 Å². The van der Waals surface area contributed by atoms with Crippen LogP contribution in [-0.2, 0) is 0 Å². The summed E-state index contributed by atoms with van der Waals surface area (Å²) in [6.07, 6.45) is 0. The van der Waals surface area contributed by atoms with Crippen LogP contribution in [0.4, 0.5) is 5.69 Å². The lowest BCUT2D eigenvalue weighted by Crippen LogP contribution is -2.35. The van der Waals surface area contributed by atoms with Crippen LogP contribution in [0.5, 0.6) is 0 Å². The highest BCUT2D eigenvalue weighted by Gasteiger charge is 2.37. The molecule has 0 bridgehead atoms. The van der Waals surface area contributed by atoms with Crippen LogP contribution in [-0.4, -0.2) is 6.04 Å². The minimum absolute atomic E-state index is 0.244. The van der Waals surface area contributed by atoms with Crippen molar-refractivity contribution in [2.75, 3.05) is 4.90 Å². The van der Waals surface area contributed by atoms with Crippen molar-refractivity contribution in [2.45, 2.75) is 31.8 Å². The Morgan fingerprint density at radius 3 is 1.75 bits per heavy atom. The Kier molecular flexibility index (Phi) is 3.86. The zero-order valence-corrected chi connectivity index (χ0v) is 14.3. The van der Waals surface area contributed by atoms with Gasteiger partial charge in [0.25, 0.3) is 0 Å². The minimum Gasteiger partial charge on any atom is -0.357 e. The molecule has 1 aliphatic heterocycles. The van der Waals surface area contributed by atoms with Crippen molar-refractivity contribution in [1.29, 1.82) is 0 Å². The van der Waals surface area contributed by atoms with Crippen LogP contribution < -0.4 is 4.90 Å². The van der Waals surface area contributed by atoms with Gasteiger partial charge in [0.2, 0.25) is 0 Å². The maximum absolute atomic E-state index is 2.60. The predicted molar refractivity (Wildman–Crippen MR) is 102 cm³/mol. The lowest BCUT2D eigenvalue weighted by Gasteiger charge is -2.36. The summed E-state index contributed by atoms with van der Waals surface area (Å²) >= 11 is 0. The van der Waals surface area contributed by atoms with E-state index in [1.807, 2.05) is 0 Å². The quantitative estimate of drug-likeness (QED) is 0.591. The second-order valence-electron chi connectivity index (χ2n) is 6.72. The Morgan fingerprint density at radius 2 is 1.17 bits per heavy atom. The van der Waals surface area contributed by atoms with Crippen molar-refractivity contribution in [3.05, 3.63) is 102 Å². The SMILES string of the molecule is CC1[C@H](C)c2ccccc2N1C(c1ccccc1)c1ccccc1. The number of anilines is 1. The summed E-state index contributed by atoms with van der Waals surface area (Å²) in [4.78, 5) is 2.60. The molecule has 3 aromatic rings. The zero-order valence-electron chi connectivity index (χ0n) is 14.3. The van der Waals surface area contributed by atoms with E-state index in [0.717, 1.165) is 0 Å². The smallest absolute Gasteiger partial charge is 0.0799 e. The lowest BCUT2D eigenvalue weighted by atomic mass is 9.95. The molecule has 1 aliphatic rings. The molecule has 2 atom stereocenters. The van der Waals surface area contributed by atoms with Gasteiger partial charge in [-0.05, 0) is 29.7 Å². The third-order valence-electron chi connectivity index (χ3n) is 5.38. The van der Waals surface area contributed by atoms with Gasteiger partial charge in [-0.15, -0.1) is 0 Å². The summed E-state index contributed by atoms with van der Waals surface area (Å²) in [5, 5.41) is 0. The summed E-state index contributed by atoms with van der Waals surface area (Å²) in [6, 6.07) is 31.3. The highest BCUT2D eigenvalue weighted by atomic mass is 15.2. The molecule has 24 heavy (non-hydrogen) atoms. The van der Waals surface area contributed by atoms with Gasteiger partial charge in [0, 0.05) is 17.6 Å². The van der Waals surface area contributed by atoms with Crippen LogP contribution >= 0.6 is 0 Å². The van der Waals surface area contributed by atoms with Crippen LogP contribution in [0.15, 0.2) is 84.9 Å². The van der Waals surface area contributed by atoms with E-state index in [1.165, 1.54) is 22.4 Å². The Morgan fingerprint density at radius 1 is 0.667 bits per heavy atom. The minimum atomic E-state index is 0.244. The van der Waals surface area contributed by atoms with Gasteiger partial charge in [-0.3, -0.25) is 0 Å². The molecule has 0 saturated heterocycles. The number of benzene rings is 3. The molecule has 120 valence electrons. The van der Waals surface area contributed by atoms with Crippen molar-refractivity contribution in [1.82, 2.24) is 0 Å². The summed E-state index contributed by atoms with van der Waals surface area (Å²) in [7, 11) is 0. The highest BCUT2D eigenvalue weighted by Crippen LogP contribution is 2.46. The summed E-state index contributed by atoms with van der Waals surface area (Å²) in [5.41, 5.74) is 5.52. The first-order valence-corrected chi connectivity index (χ1v) is 8.74. The van der Waals surface area contributed by atoms with Gasteiger partial charge in [0.05, 0.1) is 6.04 Å². The first kappa shape index (κ1) is 15.0. The Bertz CT molecular complexity index is 770. The normalized spacial score (nSPS) is 19.5. The maximum Gasteiger partial charge on any atom is 0.0799 e. The van der Waals surface area contributed by atoms with Gasteiger partial charge >= 0.3 is 0 Å². The highest BCUT2D eigenvalue weighted by molar-refractivity contribution is 5.64. The molecule has 0 aromatic heterocycles. The Hall–Kier alpha value is -2.54. The fraction of sp³-hybridized carbons (Fsp3) is 0.217. The van der Waals surface area contributed by atoms with E-state index in [4.69, 9.17) is 0 Å². The molecule has 3 aromatic carbocycles. The first-order chi connectivity index (χ1) is 11.8. The third-order valence-corrected chi connectivity index (χ3v) is 5.38. The van der Waals surface area contributed by atoms with E-state index in [2.05, 4.69) is 104 Å². The fourth-order valence-electron chi connectivity index (χ4n) is 3.99. The number of fused-ring (bicyclic) bond motifs is 1. The molecule has 0 radical (unpaired) electrons. The Labute approximate surface area is 144 Å². The molecule has 0 aliphatic carbocycles. The first-order valence-electron chi connectivity index (χ1n) is 8.74. The van der Waals surface area contributed by atoms with Gasteiger partial charge < -0.3 is 4.90 Å². The third kappa shape index (κ3) is 2.41.